The van der Waals surface area contributed by atoms with Gasteiger partial charge in [0.1, 0.15) is 5.82 Å². The van der Waals surface area contributed by atoms with Crippen molar-refractivity contribution in [2.24, 2.45) is 0 Å². The number of benzene rings is 1. The molecule has 0 fully saturated rings. The molecule has 1 aromatic carbocycles. The number of carbonyl (C=O) groups excluding carboxylic acids is 1. The lowest BCUT2D eigenvalue weighted by Gasteiger charge is -2.26. The predicted octanol–water partition coefficient (Wildman–Crippen LogP) is 1.46. The van der Waals surface area contributed by atoms with Crippen LogP contribution in [0.1, 0.15) is 12.5 Å². The summed E-state index contributed by atoms with van der Waals surface area (Å²) in [6, 6.07) is 4.96. The van der Waals surface area contributed by atoms with Gasteiger partial charge < -0.3 is 15.1 Å². The van der Waals surface area contributed by atoms with E-state index < -0.39 is 0 Å². The molecule has 1 N–H and O–H groups in total. The van der Waals surface area contributed by atoms with Crippen molar-refractivity contribution in [3.63, 3.8) is 0 Å². The molecule has 1 aromatic rings. The normalized spacial score (nSPS) is 10.4. The van der Waals surface area contributed by atoms with Crippen molar-refractivity contribution < 1.29 is 9.18 Å². The minimum Gasteiger partial charge on any atom is -0.362 e. The first-order valence-electron chi connectivity index (χ1n) is 6.38. The van der Waals surface area contributed by atoms with Crippen LogP contribution in [-0.4, -0.2) is 45.0 Å². The molecule has 19 heavy (non-hydrogen) atoms. The minimum absolute atomic E-state index is 0.00141. The summed E-state index contributed by atoms with van der Waals surface area (Å²) in [6.45, 7) is 3.30. The molecule has 0 unspecified atom stereocenters. The van der Waals surface area contributed by atoms with Crippen molar-refractivity contribution in [3.05, 3.63) is 29.6 Å². The van der Waals surface area contributed by atoms with E-state index in [0.717, 1.165) is 5.69 Å². The van der Waals surface area contributed by atoms with E-state index >= 15 is 0 Å². The third kappa shape index (κ3) is 3.92. The highest BCUT2D eigenvalue weighted by molar-refractivity contribution is 5.81. The molecule has 1 rings (SSSR count). The summed E-state index contributed by atoms with van der Waals surface area (Å²) >= 11 is 0. The van der Waals surface area contributed by atoms with Crippen molar-refractivity contribution in [2.75, 3.05) is 39.1 Å². The molecule has 5 heteroatoms. The number of halogens is 1. The van der Waals surface area contributed by atoms with E-state index in [-0.39, 0.29) is 18.3 Å². The first-order valence-corrected chi connectivity index (χ1v) is 6.38. The number of carbonyl (C=O) groups is 1. The monoisotopic (exact) mass is 267 g/mol. The largest absolute Gasteiger partial charge is 0.362 e. The van der Waals surface area contributed by atoms with Crippen LogP contribution < -0.4 is 10.2 Å². The first-order chi connectivity index (χ1) is 9.01. The van der Waals surface area contributed by atoms with Gasteiger partial charge in [-0.25, -0.2) is 4.39 Å². The van der Waals surface area contributed by atoms with Crippen LogP contribution in [0.3, 0.4) is 0 Å². The Bertz CT molecular complexity index is 435. The zero-order valence-corrected chi connectivity index (χ0v) is 12.0. The fraction of sp³-hybridized carbons (Fsp3) is 0.500. The van der Waals surface area contributed by atoms with E-state index in [1.165, 1.54) is 6.07 Å². The van der Waals surface area contributed by atoms with Gasteiger partial charge in [-0.1, -0.05) is 6.07 Å². The van der Waals surface area contributed by atoms with Crippen LogP contribution in [0.4, 0.5) is 10.1 Å². The topological polar surface area (TPSA) is 35.6 Å². The van der Waals surface area contributed by atoms with Crippen LogP contribution in [0.2, 0.25) is 0 Å². The molecule has 0 saturated carbocycles. The molecular formula is C14H22FN3O. The van der Waals surface area contributed by atoms with Gasteiger partial charge in [-0.3, -0.25) is 4.79 Å². The Morgan fingerprint density at radius 1 is 1.37 bits per heavy atom. The summed E-state index contributed by atoms with van der Waals surface area (Å²) in [6.07, 6.45) is 0. The van der Waals surface area contributed by atoms with E-state index in [0.29, 0.717) is 18.7 Å². The van der Waals surface area contributed by atoms with Gasteiger partial charge in [0, 0.05) is 38.4 Å². The average Bonchev–Trinajstić information content (AvgIpc) is 2.38. The van der Waals surface area contributed by atoms with E-state index in [1.54, 1.807) is 32.1 Å². The average molecular weight is 267 g/mol. The SMILES string of the molecule is CCN(CC(=O)N(C)C)c1cccc(F)c1CNC. The molecule has 0 bridgehead atoms. The molecule has 0 radical (unpaired) electrons. The highest BCUT2D eigenvalue weighted by Gasteiger charge is 2.16. The number of amides is 1. The first kappa shape index (κ1) is 15.4. The molecular weight excluding hydrogens is 245 g/mol. The molecule has 0 aliphatic carbocycles. The Labute approximate surface area is 114 Å². The molecule has 4 nitrogen and oxygen atoms in total. The summed E-state index contributed by atoms with van der Waals surface area (Å²) < 4.78 is 13.9. The van der Waals surface area contributed by atoms with Gasteiger partial charge in [-0.05, 0) is 26.1 Å². The number of nitrogens with zero attached hydrogens (tertiary/aromatic N) is 2. The lowest BCUT2D eigenvalue weighted by Crippen LogP contribution is -2.37. The van der Waals surface area contributed by atoms with Gasteiger partial charge in [0.2, 0.25) is 5.91 Å². The summed E-state index contributed by atoms with van der Waals surface area (Å²) in [5, 5.41) is 2.96. The van der Waals surface area contributed by atoms with Crippen LogP contribution in [0.25, 0.3) is 0 Å². The Balaban J connectivity index is 3.04. The number of likely N-dealkylation sites (N-methyl/N-ethyl adjacent to an activating group) is 2. The quantitative estimate of drug-likeness (QED) is 0.847. The highest BCUT2D eigenvalue weighted by atomic mass is 19.1. The third-order valence-electron chi connectivity index (χ3n) is 3.00. The Hall–Kier alpha value is -1.62. The van der Waals surface area contributed by atoms with Crippen molar-refractivity contribution in [1.29, 1.82) is 0 Å². The number of hydrogen-bond donors (Lipinski definition) is 1. The number of hydrogen-bond acceptors (Lipinski definition) is 3. The maximum absolute atomic E-state index is 13.9. The van der Waals surface area contributed by atoms with E-state index in [2.05, 4.69) is 5.32 Å². The number of rotatable bonds is 6. The molecule has 0 atom stereocenters. The van der Waals surface area contributed by atoms with Crippen LogP contribution in [0.15, 0.2) is 18.2 Å². The van der Waals surface area contributed by atoms with Gasteiger partial charge in [-0.15, -0.1) is 0 Å². The summed E-state index contributed by atoms with van der Waals surface area (Å²) in [5.41, 5.74) is 1.37. The van der Waals surface area contributed by atoms with Crippen LogP contribution in [0, 0.1) is 5.82 Å². The summed E-state index contributed by atoms with van der Waals surface area (Å²) in [5.74, 6) is -0.246. The lowest BCUT2D eigenvalue weighted by atomic mass is 10.1. The van der Waals surface area contributed by atoms with Crippen LogP contribution in [0.5, 0.6) is 0 Å². The van der Waals surface area contributed by atoms with Gasteiger partial charge in [-0.2, -0.15) is 0 Å². The van der Waals surface area contributed by atoms with Crippen molar-refractivity contribution in [1.82, 2.24) is 10.2 Å². The second-order valence-corrected chi connectivity index (χ2v) is 4.57. The Morgan fingerprint density at radius 3 is 2.58 bits per heavy atom. The predicted molar refractivity (Wildman–Crippen MR) is 75.7 cm³/mol. The molecule has 0 spiro atoms. The van der Waals surface area contributed by atoms with Gasteiger partial charge in [0.25, 0.3) is 0 Å². The third-order valence-corrected chi connectivity index (χ3v) is 3.00. The number of anilines is 1. The summed E-state index contributed by atoms with van der Waals surface area (Å²) in [4.78, 5) is 15.2. The Kier molecular flexibility index (Phi) is 5.76. The summed E-state index contributed by atoms with van der Waals surface area (Å²) in [7, 11) is 5.21. The van der Waals surface area contributed by atoms with Crippen molar-refractivity contribution in [3.8, 4) is 0 Å². The molecule has 0 saturated heterocycles. The smallest absolute Gasteiger partial charge is 0.241 e. The van der Waals surface area contributed by atoms with Crippen LogP contribution in [-0.2, 0) is 11.3 Å². The van der Waals surface area contributed by atoms with Gasteiger partial charge in [0.05, 0.1) is 6.54 Å². The van der Waals surface area contributed by atoms with E-state index in [4.69, 9.17) is 0 Å². The Morgan fingerprint density at radius 2 is 2.05 bits per heavy atom. The fourth-order valence-corrected chi connectivity index (χ4v) is 1.87. The van der Waals surface area contributed by atoms with E-state index in [9.17, 15) is 9.18 Å². The minimum atomic E-state index is -0.248. The maximum atomic E-state index is 13.9. The second-order valence-electron chi connectivity index (χ2n) is 4.57. The standard InChI is InChI=1S/C14H22FN3O/c1-5-18(10-14(19)17(3)4)13-8-6-7-12(15)11(13)9-16-2/h6-8,16H,5,9-10H2,1-4H3. The van der Waals surface area contributed by atoms with Crippen molar-refractivity contribution >= 4 is 11.6 Å². The second kappa shape index (κ2) is 7.09. The molecule has 0 aliphatic heterocycles. The molecule has 0 aromatic heterocycles. The molecule has 1 amide bonds. The highest BCUT2D eigenvalue weighted by Crippen LogP contribution is 2.23. The fourth-order valence-electron chi connectivity index (χ4n) is 1.87. The van der Waals surface area contributed by atoms with Gasteiger partial charge in [0.15, 0.2) is 0 Å². The molecule has 0 aliphatic rings. The van der Waals surface area contributed by atoms with Crippen molar-refractivity contribution in [2.45, 2.75) is 13.5 Å². The zero-order chi connectivity index (χ0) is 14.4. The van der Waals surface area contributed by atoms with Gasteiger partial charge >= 0.3 is 0 Å². The van der Waals surface area contributed by atoms with Crippen LogP contribution >= 0.6 is 0 Å². The maximum Gasteiger partial charge on any atom is 0.241 e. The lowest BCUT2D eigenvalue weighted by molar-refractivity contribution is -0.127. The molecule has 0 heterocycles. The van der Waals surface area contributed by atoms with E-state index in [1.807, 2.05) is 17.9 Å². The zero-order valence-electron chi connectivity index (χ0n) is 12.0. The molecule has 106 valence electrons. The number of nitrogens with one attached hydrogen (secondary N) is 1.